The minimum absolute atomic E-state index is 0.353. The first kappa shape index (κ1) is 10.4. The van der Waals surface area contributed by atoms with E-state index in [1.165, 1.54) is 4.90 Å². The van der Waals surface area contributed by atoms with E-state index in [1.807, 2.05) is 24.3 Å². The van der Waals surface area contributed by atoms with Crippen LogP contribution in [0, 0.1) is 0 Å². The highest BCUT2D eigenvalue weighted by Crippen LogP contribution is 2.21. The van der Waals surface area contributed by atoms with Crippen molar-refractivity contribution in [2.24, 2.45) is 4.99 Å². The Hall–Kier alpha value is -2.10. The van der Waals surface area contributed by atoms with Crippen LogP contribution in [-0.4, -0.2) is 18.9 Å². The van der Waals surface area contributed by atoms with Gasteiger partial charge in [-0.25, -0.2) is 4.79 Å². The molecule has 0 N–H and O–H groups in total. The lowest BCUT2D eigenvalue weighted by Crippen LogP contribution is -2.26. The Morgan fingerprint density at radius 1 is 1.44 bits per heavy atom. The van der Waals surface area contributed by atoms with Crippen LogP contribution < -0.4 is 4.90 Å². The Bertz CT molecular complexity index is 452. The molecule has 1 heterocycles. The summed E-state index contributed by atoms with van der Waals surface area (Å²) >= 11 is 0. The number of amides is 1. The average Bonchev–Trinajstić information content (AvgIpc) is 2.51. The van der Waals surface area contributed by atoms with E-state index in [-0.39, 0.29) is 0 Å². The van der Waals surface area contributed by atoms with Crippen molar-refractivity contribution in [3.63, 3.8) is 0 Å². The maximum Gasteiger partial charge on any atom is 0.418 e. The molecule has 0 saturated heterocycles. The summed E-state index contributed by atoms with van der Waals surface area (Å²) in [4.78, 5) is 17.2. The van der Waals surface area contributed by atoms with Gasteiger partial charge in [0.15, 0.2) is 0 Å². The molecule has 0 spiro atoms. The van der Waals surface area contributed by atoms with Crippen molar-refractivity contribution < 1.29 is 9.53 Å². The van der Waals surface area contributed by atoms with Gasteiger partial charge in [0.25, 0.3) is 0 Å². The molecule has 0 unspecified atom stereocenters. The highest BCUT2D eigenvalue weighted by atomic mass is 16.6. The van der Waals surface area contributed by atoms with E-state index < -0.39 is 6.09 Å². The number of carbonyl (C=O) groups is 1. The van der Waals surface area contributed by atoms with Gasteiger partial charge in [-0.05, 0) is 13.0 Å². The molecule has 1 aromatic rings. The van der Waals surface area contributed by atoms with Crippen LogP contribution in [0.5, 0.6) is 0 Å². The summed E-state index contributed by atoms with van der Waals surface area (Å²) < 4.78 is 4.97. The van der Waals surface area contributed by atoms with Crippen LogP contribution >= 0.6 is 0 Å². The number of fused-ring (bicyclic) bond motifs is 1. The quantitative estimate of drug-likeness (QED) is 0.724. The zero-order valence-electron chi connectivity index (χ0n) is 8.96. The maximum atomic E-state index is 11.7. The van der Waals surface area contributed by atoms with Crippen molar-refractivity contribution in [3.05, 3.63) is 42.2 Å². The van der Waals surface area contributed by atoms with Crippen molar-refractivity contribution in [3.8, 4) is 0 Å². The molecule has 0 fully saturated rings. The Morgan fingerprint density at radius 2 is 2.25 bits per heavy atom. The summed E-state index contributed by atoms with van der Waals surface area (Å²) in [5.41, 5.74) is 1.67. The molecule has 0 bridgehead atoms. The molecule has 16 heavy (non-hydrogen) atoms. The number of hydrogen-bond donors (Lipinski definition) is 0. The number of benzene rings is 1. The van der Waals surface area contributed by atoms with Gasteiger partial charge in [0.2, 0.25) is 0 Å². The van der Waals surface area contributed by atoms with E-state index >= 15 is 0 Å². The second-order valence-corrected chi connectivity index (χ2v) is 3.20. The van der Waals surface area contributed by atoms with Crippen LogP contribution in [0.15, 0.2) is 41.7 Å². The molecule has 4 heteroatoms. The van der Waals surface area contributed by atoms with Crippen LogP contribution in [0.2, 0.25) is 0 Å². The minimum Gasteiger partial charge on any atom is -0.449 e. The summed E-state index contributed by atoms with van der Waals surface area (Å²) in [5.74, 6) is 0. The zero-order valence-corrected chi connectivity index (χ0v) is 8.96. The van der Waals surface area contributed by atoms with Gasteiger partial charge >= 0.3 is 6.09 Å². The first-order valence-electron chi connectivity index (χ1n) is 5.08. The minimum atomic E-state index is -0.392. The summed E-state index contributed by atoms with van der Waals surface area (Å²) in [6.45, 7) is 2.13. The SMILES string of the molecule is CCOC(=O)N1C=CN=Cc2ccccc21. The second kappa shape index (κ2) is 4.61. The molecule has 0 aliphatic carbocycles. The van der Waals surface area contributed by atoms with Gasteiger partial charge in [0.1, 0.15) is 0 Å². The fourth-order valence-electron chi connectivity index (χ4n) is 1.48. The highest BCUT2D eigenvalue weighted by molar-refractivity contribution is 5.98. The molecule has 0 aromatic heterocycles. The monoisotopic (exact) mass is 216 g/mol. The van der Waals surface area contributed by atoms with Gasteiger partial charge in [0.05, 0.1) is 12.3 Å². The van der Waals surface area contributed by atoms with Crippen molar-refractivity contribution in [2.75, 3.05) is 11.5 Å². The number of anilines is 1. The normalized spacial score (nSPS) is 13.2. The van der Waals surface area contributed by atoms with Gasteiger partial charge in [-0.2, -0.15) is 0 Å². The van der Waals surface area contributed by atoms with Gasteiger partial charge in [-0.3, -0.25) is 9.89 Å². The standard InChI is InChI=1S/C12H12N2O2/c1-2-16-12(15)14-8-7-13-9-10-5-3-4-6-11(10)14/h3-9H,2H2,1H3. The van der Waals surface area contributed by atoms with Crippen LogP contribution in [0.25, 0.3) is 0 Å². The van der Waals surface area contributed by atoms with E-state index in [2.05, 4.69) is 4.99 Å². The van der Waals surface area contributed by atoms with E-state index in [4.69, 9.17) is 4.74 Å². The Morgan fingerprint density at radius 3 is 3.06 bits per heavy atom. The Kier molecular flexibility index (Phi) is 3.00. The third kappa shape index (κ3) is 1.95. The van der Waals surface area contributed by atoms with E-state index in [0.717, 1.165) is 11.3 Å². The molecule has 2 rings (SSSR count). The summed E-state index contributed by atoms with van der Waals surface area (Å²) in [6.07, 6.45) is 4.49. The second-order valence-electron chi connectivity index (χ2n) is 3.20. The van der Waals surface area contributed by atoms with Crippen molar-refractivity contribution in [1.29, 1.82) is 0 Å². The molecule has 1 aromatic carbocycles. The lowest BCUT2D eigenvalue weighted by molar-refractivity contribution is 0.162. The van der Waals surface area contributed by atoms with Crippen molar-refractivity contribution in [1.82, 2.24) is 0 Å². The molecule has 1 amide bonds. The Balaban J connectivity index is 2.38. The van der Waals surface area contributed by atoms with E-state index in [1.54, 1.807) is 25.5 Å². The van der Waals surface area contributed by atoms with Crippen LogP contribution in [0.3, 0.4) is 0 Å². The average molecular weight is 216 g/mol. The summed E-state index contributed by atoms with van der Waals surface area (Å²) in [6, 6.07) is 7.53. The van der Waals surface area contributed by atoms with Gasteiger partial charge in [-0.15, -0.1) is 0 Å². The molecule has 0 atom stereocenters. The third-order valence-corrected chi connectivity index (χ3v) is 2.18. The smallest absolute Gasteiger partial charge is 0.418 e. The van der Waals surface area contributed by atoms with Gasteiger partial charge in [-0.1, -0.05) is 18.2 Å². The van der Waals surface area contributed by atoms with Crippen LogP contribution in [0.1, 0.15) is 12.5 Å². The molecule has 0 saturated carbocycles. The molecule has 1 aliphatic rings. The lowest BCUT2D eigenvalue weighted by Gasteiger charge is -2.18. The highest BCUT2D eigenvalue weighted by Gasteiger charge is 2.17. The predicted octanol–water partition coefficient (Wildman–Crippen LogP) is 2.55. The number of hydrogen-bond acceptors (Lipinski definition) is 3. The zero-order chi connectivity index (χ0) is 11.4. The summed E-state index contributed by atoms with van der Waals surface area (Å²) in [5, 5.41) is 0. The van der Waals surface area contributed by atoms with Crippen molar-refractivity contribution >= 4 is 18.0 Å². The molecule has 4 nitrogen and oxygen atoms in total. The number of carbonyl (C=O) groups excluding carboxylic acids is 1. The number of para-hydroxylation sites is 1. The largest absolute Gasteiger partial charge is 0.449 e. The van der Waals surface area contributed by atoms with E-state index in [0.29, 0.717) is 6.61 Å². The number of aliphatic imine (C=N–C) groups is 1. The van der Waals surface area contributed by atoms with Crippen LogP contribution in [-0.2, 0) is 4.74 Å². The maximum absolute atomic E-state index is 11.7. The fraction of sp³-hybridized carbons (Fsp3) is 0.167. The Labute approximate surface area is 93.9 Å². The molecular formula is C12H12N2O2. The van der Waals surface area contributed by atoms with Crippen molar-refractivity contribution in [2.45, 2.75) is 6.92 Å². The number of rotatable bonds is 1. The first-order chi connectivity index (χ1) is 7.83. The predicted molar refractivity (Wildman–Crippen MR) is 62.7 cm³/mol. The van der Waals surface area contributed by atoms with E-state index in [9.17, 15) is 4.79 Å². The molecule has 0 radical (unpaired) electrons. The number of ether oxygens (including phenoxy) is 1. The third-order valence-electron chi connectivity index (χ3n) is 2.18. The topological polar surface area (TPSA) is 41.9 Å². The molecule has 82 valence electrons. The van der Waals surface area contributed by atoms with Crippen LogP contribution in [0.4, 0.5) is 10.5 Å². The molecular weight excluding hydrogens is 204 g/mol. The lowest BCUT2D eigenvalue weighted by atomic mass is 10.2. The van der Waals surface area contributed by atoms with Gasteiger partial charge < -0.3 is 4.74 Å². The molecule has 1 aliphatic heterocycles. The fourth-order valence-corrected chi connectivity index (χ4v) is 1.48. The first-order valence-corrected chi connectivity index (χ1v) is 5.08. The van der Waals surface area contributed by atoms with Gasteiger partial charge in [0, 0.05) is 24.2 Å². The number of nitrogens with zero attached hydrogens (tertiary/aromatic N) is 2. The summed E-state index contributed by atoms with van der Waals surface area (Å²) in [7, 11) is 0.